The van der Waals surface area contributed by atoms with E-state index < -0.39 is 0 Å². The third-order valence-electron chi connectivity index (χ3n) is 3.34. The Morgan fingerprint density at radius 3 is 2.52 bits per heavy atom. The van der Waals surface area contributed by atoms with Gasteiger partial charge in [-0.05, 0) is 17.0 Å². The number of likely N-dealkylation sites (N-methyl/N-ethyl adjacent to an activating group) is 1. The van der Waals surface area contributed by atoms with Gasteiger partial charge in [0.1, 0.15) is 12.9 Å². The van der Waals surface area contributed by atoms with Gasteiger partial charge in [-0.15, -0.1) is 5.10 Å². The van der Waals surface area contributed by atoms with Crippen LogP contribution in [-0.4, -0.2) is 32.6 Å². The molecule has 2 rings (SSSR count). The number of rotatable bonds is 5. The van der Waals surface area contributed by atoms with Crippen molar-refractivity contribution in [2.75, 3.05) is 12.8 Å². The minimum absolute atomic E-state index is 0.0344. The van der Waals surface area contributed by atoms with Gasteiger partial charge < -0.3 is 10.6 Å². The van der Waals surface area contributed by atoms with Crippen molar-refractivity contribution in [1.29, 1.82) is 0 Å². The van der Waals surface area contributed by atoms with Crippen LogP contribution in [0.1, 0.15) is 30.9 Å². The highest BCUT2D eigenvalue weighted by Gasteiger charge is 2.11. The van der Waals surface area contributed by atoms with Crippen molar-refractivity contribution < 1.29 is 4.79 Å². The average Bonchev–Trinajstić information content (AvgIpc) is 2.84. The molecular formula is C15H21N5O. The largest absolute Gasteiger partial charge is 0.367 e. The highest BCUT2D eigenvalue weighted by Crippen LogP contribution is 2.15. The molecule has 1 aromatic heterocycles. The molecule has 0 fully saturated rings. The first kappa shape index (κ1) is 15.0. The van der Waals surface area contributed by atoms with E-state index in [-0.39, 0.29) is 18.4 Å². The maximum Gasteiger partial charge on any atom is 0.244 e. The van der Waals surface area contributed by atoms with Crippen molar-refractivity contribution in [3.8, 4) is 0 Å². The minimum atomic E-state index is -0.0344. The van der Waals surface area contributed by atoms with Gasteiger partial charge >= 0.3 is 0 Å². The Hall–Kier alpha value is -2.37. The molecule has 0 saturated carbocycles. The first-order valence-corrected chi connectivity index (χ1v) is 6.93. The Balaban J connectivity index is 1.93. The molecule has 0 unspecified atom stereocenters. The average molecular weight is 287 g/mol. The van der Waals surface area contributed by atoms with Crippen LogP contribution in [0.4, 0.5) is 5.95 Å². The van der Waals surface area contributed by atoms with Crippen molar-refractivity contribution in [3.63, 3.8) is 0 Å². The monoisotopic (exact) mass is 287 g/mol. The van der Waals surface area contributed by atoms with Crippen molar-refractivity contribution in [2.45, 2.75) is 32.9 Å². The number of nitrogens with zero attached hydrogens (tertiary/aromatic N) is 4. The minimum Gasteiger partial charge on any atom is -0.367 e. The number of anilines is 1. The van der Waals surface area contributed by atoms with E-state index in [2.05, 4.69) is 48.2 Å². The predicted molar refractivity (Wildman–Crippen MR) is 81.4 cm³/mol. The Morgan fingerprint density at radius 1 is 1.33 bits per heavy atom. The molecule has 1 aromatic carbocycles. The Bertz CT molecular complexity index is 603. The fourth-order valence-electron chi connectivity index (χ4n) is 2.01. The second kappa shape index (κ2) is 6.39. The van der Waals surface area contributed by atoms with E-state index >= 15 is 0 Å². The number of hydrogen-bond acceptors (Lipinski definition) is 4. The topological polar surface area (TPSA) is 77.0 Å². The maximum absolute atomic E-state index is 12.1. The summed E-state index contributed by atoms with van der Waals surface area (Å²) in [5.74, 6) is 0.652. The van der Waals surface area contributed by atoms with Crippen LogP contribution < -0.4 is 5.73 Å². The number of carbonyl (C=O) groups excluding carboxylic acids is 1. The fourth-order valence-corrected chi connectivity index (χ4v) is 2.01. The number of amides is 1. The molecule has 1 heterocycles. The molecule has 2 aromatic rings. The molecule has 6 heteroatoms. The van der Waals surface area contributed by atoms with Crippen LogP contribution in [0, 0.1) is 0 Å². The molecule has 112 valence electrons. The molecule has 21 heavy (non-hydrogen) atoms. The van der Waals surface area contributed by atoms with E-state index in [0.29, 0.717) is 12.5 Å². The summed E-state index contributed by atoms with van der Waals surface area (Å²) in [6, 6.07) is 8.34. The highest BCUT2D eigenvalue weighted by atomic mass is 16.2. The zero-order valence-electron chi connectivity index (χ0n) is 12.7. The van der Waals surface area contributed by atoms with Crippen LogP contribution >= 0.6 is 0 Å². The number of aromatic nitrogens is 3. The molecule has 6 nitrogen and oxygen atoms in total. The number of benzene rings is 1. The van der Waals surface area contributed by atoms with Gasteiger partial charge in [-0.3, -0.25) is 4.79 Å². The van der Waals surface area contributed by atoms with Crippen LogP contribution in [0.3, 0.4) is 0 Å². The normalized spacial score (nSPS) is 10.9. The van der Waals surface area contributed by atoms with Crippen LogP contribution in [0.5, 0.6) is 0 Å². The number of hydrogen-bond donors (Lipinski definition) is 1. The Labute approximate surface area is 124 Å². The number of carbonyl (C=O) groups is 1. The molecule has 0 aliphatic rings. The quantitative estimate of drug-likeness (QED) is 0.907. The first-order valence-electron chi connectivity index (χ1n) is 6.93. The van der Waals surface area contributed by atoms with Crippen LogP contribution in [0.15, 0.2) is 30.6 Å². The van der Waals surface area contributed by atoms with Gasteiger partial charge in [0.2, 0.25) is 11.9 Å². The smallest absolute Gasteiger partial charge is 0.244 e. The lowest BCUT2D eigenvalue weighted by molar-refractivity contribution is -0.131. The van der Waals surface area contributed by atoms with Crippen molar-refractivity contribution in [1.82, 2.24) is 19.7 Å². The molecule has 0 spiro atoms. The molecule has 2 N–H and O–H groups in total. The molecular weight excluding hydrogens is 266 g/mol. The van der Waals surface area contributed by atoms with Crippen LogP contribution in [-0.2, 0) is 17.9 Å². The molecule has 0 saturated heterocycles. The summed E-state index contributed by atoms with van der Waals surface area (Å²) >= 11 is 0. The Morgan fingerprint density at radius 2 is 2.00 bits per heavy atom. The van der Waals surface area contributed by atoms with Gasteiger partial charge in [0, 0.05) is 13.6 Å². The van der Waals surface area contributed by atoms with Crippen molar-refractivity contribution in [2.24, 2.45) is 0 Å². The summed E-state index contributed by atoms with van der Waals surface area (Å²) in [6.07, 6.45) is 1.46. The standard InChI is InChI=1S/C15H21N5O/c1-11(2)13-6-4-12(5-7-13)8-19(3)14(21)9-20-10-17-15(16)18-20/h4-7,10-11H,8-9H2,1-3H3,(H2,16,18). The summed E-state index contributed by atoms with van der Waals surface area (Å²) in [5, 5.41) is 3.91. The van der Waals surface area contributed by atoms with Gasteiger partial charge in [0.25, 0.3) is 0 Å². The van der Waals surface area contributed by atoms with Gasteiger partial charge in [-0.2, -0.15) is 0 Å². The zero-order chi connectivity index (χ0) is 15.4. The van der Waals surface area contributed by atoms with E-state index in [0.717, 1.165) is 5.56 Å². The lowest BCUT2D eigenvalue weighted by Gasteiger charge is -2.17. The summed E-state index contributed by atoms with van der Waals surface area (Å²) in [4.78, 5) is 17.6. The van der Waals surface area contributed by atoms with Crippen LogP contribution in [0.2, 0.25) is 0 Å². The predicted octanol–water partition coefficient (Wildman–Crippen LogP) is 1.64. The molecule has 0 bridgehead atoms. The first-order chi connectivity index (χ1) is 9.95. The van der Waals surface area contributed by atoms with Crippen molar-refractivity contribution in [3.05, 3.63) is 41.7 Å². The molecule has 0 aliphatic carbocycles. The SMILES string of the molecule is CC(C)c1ccc(CN(C)C(=O)Cn2cnc(N)n2)cc1. The van der Waals surface area contributed by atoms with Gasteiger partial charge in [0.05, 0.1) is 0 Å². The number of nitrogens with two attached hydrogens (primary N) is 1. The second-order valence-corrected chi connectivity index (χ2v) is 5.45. The molecule has 0 aliphatic heterocycles. The summed E-state index contributed by atoms with van der Waals surface area (Å²) < 4.78 is 1.44. The number of nitrogen functional groups attached to an aromatic ring is 1. The summed E-state index contributed by atoms with van der Waals surface area (Å²) in [6.45, 7) is 5.04. The van der Waals surface area contributed by atoms with Gasteiger partial charge in [-0.25, -0.2) is 9.67 Å². The van der Waals surface area contributed by atoms with Crippen LogP contribution in [0.25, 0.3) is 0 Å². The second-order valence-electron chi connectivity index (χ2n) is 5.45. The summed E-state index contributed by atoms with van der Waals surface area (Å²) in [7, 11) is 1.78. The maximum atomic E-state index is 12.1. The van der Waals surface area contributed by atoms with Crippen molar-refractivity contribution >= 4 is 11.9 Å². The summed E-state index contributed by atoms with van der Waals surface area (Å²) in [5.41, 5.74) is 7.83. The lowest BCUT2D eigenvalue weighted by Crippen LogP contribution is -2.30. The van der Waals surface area contributed by atoms with E-state index in [4.69, 9.17) is 5.73 Å². The van der Waals surface area contributed by atoms with E-state index in [9.17, 15) is 4.79 Å². The van der Waals surface area contributed by atoms with E-state index in [1.165, 1.54) is 16.6 Å². The molecule has 1 amide bonds. The third kappa shape index (κ3) is 4.05. The lowest BCUT2D eigenvalue weighted by atomic mass is 10.0. The Kier molecular flexibility index (Phi) is 4.57. The molecule has 0 atom stereocenters. The highest BCUT2D eigenvalue weighted by molar-refractivity contribution is 5.75. The third-order valence-corrected chi connectivity index (χ3v) is 3.34. The molecule has 0 radical (unpaired) electrons. The van der Waals surface area contributed by atoms with E-state index in [1.807, 2.05) is 0 Å². The zero-order valence-corrected chi connectivity index (χ0v) is 12.7. The van der Waals surface area contributed by atoms with Gasteiger partial charge in [-0.1, -0.05) is 38.1 Å². The fraction of sp³-hybridized carbons (Fsp3) is 0.400. The van der Waals surface area contributed by atoms with E-state index in [1.54, 1.807) is 11.9 Å². The van der Waals surface area contributed by atoms with Gasteiger partial charge in [0.15, 0.2) is 0 Å².